The first-order valence-corrected chi connectivity index (χ1v) is 8.08. The lowest BCUT2D eigenvalue weighted by Gasteiger charge is -2.13. The Morgan fingerprint density at radius 1 is 1.17 bits per heavy atom. The van der Waals surface area contributed by atoms with Gasteiger partial charge in [-0.05, 0) is 43.4 Å². The summed E-state index contributed by atoms with van der Waals surface area (Å²) in [6.07, 6.45) is 2.16. The van der Waals surface area contributed by atoms with Crippen LogP contribution in [0.3, 0.4) is 0 Å². The molecule has 1 aromatic rings. The molecule has 0 spiro atoms. The van der Waals surface area contributed by atoms with Crippen LogP contribution in [0.2, 0.25) is 0 Å². The lowest BCUT2D eigenvalue weighted by molar-refractivity contribution is -0.118. The predicted molar refractivity (Wildman–Crippen MR) is 96.1 cm³/mol. The van der Waals surface area contributed by atoms with Crippen molar-refractivity contribution < 1.29 is 14.3 Å². The number of carbonyl (C=O) groups is 2. The van der Waals surface area contributed by atoms with Gasteiger partial charge in [0.05, 0.1) is 18.7 Å². The molecule has 1 fully saturated rings. The second kappa shape index (κ2) is 6.67. The molecular formula is C19H26N2O3. The number of hydrogen-bond donors (Lipinski definition) is 2. The van der Waals surface area contributed by atoms with E-state index in [-0.39, 0.29) is 29.1 Å². The molecule has 2 rings (SSSR count). The van der Waals surface area contributed by atoms with Gasteiger partial charge < -0.3 is 15.4 Å². The third-order valence-electron chi connectivity index (χ3n) is 4.48. The molecule has 1 aliphatic carbocycles. The highest BCUT2D eigenvalue weighted by Crippen LogP contribution is 2.59. The lowest BCUT2D eigenvalue weighted by atomic mass is 10.1. The van der Waals surface area contributed by atoms with Crippen molar-refractivity contribution in [1.29, 1.82) is 0 Å². The quantitative estimate of drug-likeness (QED) is 0.806. The van der Waals surface area contributed by atoms with E-state index < -0.39 is 0 Å². The molecule has 0 saturated heterocycles. The molecule has 0 bridgehead atoms. The number of benzene rings is 1. The van der Waals surface area contributed by atoms with E-state index in [1.807, 2.05) is 13.8 Å². The maximum atomic E-state index is 12.7. The van der Waals surface area contributed by atoms with Crippen molar-refractivity contribution in [1.82, 2.24) is 0 Å². The summed E-state index contributed by atoms with van der Waals surface area (Å²) in [5.74, 6) is 0.549. The van der Waals surface area contributed by atoms with Gasteiger partial charge in [0.2, 0.25) is 11.8 Å². The highest BCUT2D eigenvalue weighted by molar-refractivity contribution is 5.98. The van der Waals surface area contributed by atoms with Crippen molar-refractivity contribution >= 4 is 23.2 Å². The smallest absolute Gasteiger partial charge is 0.228 e. The number of amides is 2. The van der Waals surface area contributed by atoms with E-state index in [4.69, 9.17) is 4.74 Å². The SMILES string of the molecule is COc1ccc(NC(C)=O)cc1NC(=O)[C@@H]1[C@H](C=C(C)C)C1(C)C. The molecule has 0 aliphatic heterocycles. The average molecular weight is 330 g/mol. The van der Waals surface area contributed by atoms with Gasteiger partial charge >= 0.3 is 0 Å². The van der Waals surface area contributed by atoms with Gasteiger partial charge in [0.1, 0.15) is 5.75 Å². The molecule has 24 heavy (non-hydrogen) atoms. The molecule has 5 heteroatoms. The van der Waals surface area contributed by atoms with Gasteiger partial charge in [-0.25, -0.2) is 0 Å². The number of rotatable bonds is 5. The van der Waals surface area contributed by atoms with Crippen LogP contribution in [-0.4, -0.2) is 18.9 Å². The maximum Gasteiger partial charge on any atom is 0.228 e. The first-order valence-electron chi connectivity index (χ1n) is 8.08. The molecule has 0 aromatic heterocycles. The monoisotopic (exact) mass is 330 g/mol. The van der Waals surface area contributed by atoms with Crippen molar-refractivity contribution in [2.75, 3.05) is 17.7 Å². The van der Waals surface area contributed by atoms with Crippen LogP contribution in [0.4, 0.5) is 11.4 Å². The first kappa shape index (κ1) is 18.0. The molecule has 0 radical (unpaired) electrons. The summed E-state index contributed by atoms with van der Waals surface area (Å²) in [4.78, 5) is 23.9. The van der Waals surface area contributed by atoms with Gasteiger partial charge in [-0.3, -0.25) is 9.59 Å². The summed E-state index contributed by atoms with van der Waals surface area (Å²) in [5.41, 5.74) is 2.35. The van der Waals surface area contributed by atoms with Crippen molar-refractivity contribution in [2.24, 2.45) is 17.3 Å². The molecule has 0 unspecified atom stereocenters. The van der Waals surface area contributed by atoms with Crippen LogP contribution in [0.25, 0.3) is 0 Å². The fraction of sp³-hybridized carbons (Fsp3) is 0.474. The van der Waals surface area contributed by atoms with E-state index in [9.17, 15) is 9.59 Å². The minimum Gasteiger partial charge on any atom is -0.495 e. The standard InChI is InChI=1S/C19H26N2O3/c1-11(2)9-14-17(19(14,4)5)18(23)21-15-10-13(20-12(3)22)7-8-16(15)24-6/h7-10,14,17H,1-6H3,(H,20,22)(H,21,23)/t14-,17-/m0/s1. The maximum absolute atomic E-state index is 12.7. The zero-order valence-corrected chi connectivity index (χ0v) is 15.2. The van der Waals surface area contributed by atoms with Crippen LogP contribution in [-0.2, 0) is 9.59 Å². The van der Waals surface area contributed by atoms with Crippen LogP contribution in [0, 0.1) is 17.3 Å². The topological polar surface area (TPSA) is 67.4 Å². The Hall–Kier alpha value is -2.30. The normalized spacial score (nSPS) is 20.8. The summed E-state index contributed by atoms with van der Waals surface area (Å²) < 4.78 is 5.31. The first-order chi connectivity index (χ1) is 11.2. The molecule has 0 heterocycles. The number of anilines is 2. The largest absolute Gasteiger partial charge is 0.495 e. The molecule has 130 valence electrons. The van der Waals surface area contributed by atoms with E-state index in [1.165, 1.54) is 12.5 Å². The number of methoxy groups -OCH3 is 1. The second-order valence-electron chi connectivity index (χ2n) is 7.15. The summed E-state index contributed by atoms with van der Waals surface area (Å²) in [6.45, 7) is 9.74. The molecule has 1 aliphatic rings. The van der Waals surface area contributed by atoms with Gasteiger partial charge in [0.25, 0.3) is 0 Å². The third kappa shape index (κ3) is 3.78. The van der Waals surface area contributed by atoms with Crippen LogP contribution in [0.1, 0.15) is 34.6 Å². The van der Waals surface area contributed by atoms with Crippen LogP contribution < -0.4 is 15.4 Å². The van der Waals surface area contributed by atoms with Gasteiger partial charge in [-0.1, -0.05) is 25.5 Å². The Bertz CT molecular complexity index is 688. The second-order valence-corrected chi connectivity index (χ2v) is 7.15. The molecule has 2 atom stereocenters. The Labute approximate surface area is 143 Å². The highest BCUT2D eigenvalue weighted by atomic mass is 16.5. The molecule has 2 amide bonds. The molecule has 1 saturated carbocycles. The number of carbonyl (C=O) groups excluding carboxylic acids is 2. The van der Waals surface area contributed by atoms with Gasteiger partial charge in [0.15, 0.2) is 0 Å². The highest BCUT2D eigenvalue weighted by Gasteiger charge is 2.60. The summed E-state index contributed by atoms with van der Waals surface area (Å²) >= 11 is 0. The summed E-state index contributed by atoms with van der Waals surface area (Å²) in [5, 5.41) is 5.66. The third-order valence-corrected chi connectivity index (χ3v) is 4.48. The van der Waals surface area contributed by atoms with Crippen molar-refractivity contribution in [3.63, 3.8) is 0 Å². The minimum absolute atomic E-state index is 0.0271. The average Bonchev–Trinajstić information content (AvgIpc) is 2.98. The Morgan fingerprint density at radius 2 is 1.83 bits per heavy atom. The van der Waals surface area contributed by atoms with Crippen LogP contribution >= 0.6 is 0 Å². The van der Waals surface area contributed by atoms with E-state index in [0.717, 1.165) is 0 Å². The Kier molecular flexibility index (Phi) is 5.02. The van der Waals surface area contributed by atoms with Gasteiger partial charge in [0, 0.05) is 12.6 Å². The van der Waals surface area contributed by atoms with Crippen molar-refractivity contribution in [2.45, 2.75) is 34.6 Å². The molecule has 2 N–H and O–H groups in total. The number of ether oxygens (including phenoxy) is 1. The Balaban J connectivity index is 2.19. The molecule has 1 aromatic carbocycles. The van der Waals surface area contributed by atoms with E-state index >= 15 is 0 Å². The van der Waals surface area contributed by atoms with Crippen molar-refractivity contribution in [3.05, 3.63) is 29.8 Å². The van der Waals surface area contributed by atoms with Gasteiger partial charge in [-0.2, -0.15) is 0 Å². The number of nitrogens with one attached hydrogen (secondary N) is 2. The minimum atomic E-state index is -0.163. The van der Waals surface area contributed by atoms with E-state index in [2.05, 4.69) is 30.6 Å². The predicted octanol–water partition coefficient (Wildman–Crippen LogP) is 3.83. The number of hydrogen-bond acceptors (Lipinski definition) is 3. The summed E-state index contributed by atoms with van der Waals surface area (Å²) in [7, 11) is 1.55. The van der Waals surface area contributed by atoms with Crippen LogP contribution in [0.15, 0.2) is 29.8 Å². The van der Waals surface area contributed by atoms with E-state index in [0.29, 0.717) is 17.1 Å². The van der Waals surface area contributed by atoms with Crippen LogP contribution in [0.5, 0.6) is 5.75 Å². The van der Waals surface area contributed by atoms with Crippen molar-refractivity contribution in [3.8, 4) is 5.75 Å². The fourth-order valence-electron chi connectivity index (χ4n) is 3.15. The van der Waals surface area contributed by atoms with E-state index in [1.54, 1.807) is 25.3 Å². The van der Waals surface area contributed by atoms with Gasteiger partial charge in [-0.15, -0.1) is 0 Å². The summed E-state index contributed by atoms with van der Waals surface area (Å²) in [6, 6.07) is 5.18. The molecular weight excluding hydrogens is 304 g/mol. The number of allylic oxidation sites excluding steroid dienone is 2. The fourth-order valence-corrected chi connectivity index (χ4v) is 3.15. The zero-order chi connectivity index (χ0) is 18.1. The lowest BCUT2D eigenvalue weighted by Crippen LogP contribution is -2.17. The molecule has 5 nitrogen and oxygen atoms in total. The zero-order valence-electron chi connectivity index (χ0n) is 15.2. The Morgan fingerprint density at radius 3 is 2.38 bits per heavy atom.